The van der Waals surface area contributed by atoms with Crippen LogP contribution in [0.3, 0.4) is 0 Å². The van der Waals surface area contributed by atoms with Gasteiger partial charge in [-0.1, -0.05) is 19.1 Å². The van der Waals surface area contributed by atoms with Crippen molar-refractivity contribution < 1.29 is 17.9 Å². The van der Waals surface area contributed by atoms with E-state index in [0.717, 1.165) is 25.2 Å². The summed E-state index contributed by atoms with van der Waals surface area (Å²) in [7, 11) is 2.03. The molecular formula is C18H30F3IN4O. The molecule has 0 radical (unpaired) electrons. The Morgan fingerprint density at radius 3 is 2.52 bits per heavy atom. The molecule has 0 spiro atoms. The van der Waals surface area contributed by atoms with Crippen LogP contribution in [-0.4, -0.2) is 56.9 Å². The Kier molecular flexibility index (Phi) is 12.4. The number of hydrogen-bond acceptors (Lipinski definition) is 3. The summed E-state index contributed by atoms with van der Waals surface area (Å²) < 4.78 is 42.3. The van der Waals surface area contributed by atoms with Crippen LogP contribution in [0.1, 0.15) is 25.0 Å². The van der Waals surface area contributed by atoms with Gasteiger partial charge in [0.25, 0.3) is 0 Å². The van der Waals surface area contributed by atoms with Gasteiger partial charge in [-0.25, -0.2) is 4.99 Å². The second-order valence-electron chi connectivity index (χ2n) is 6.03. The fourth-order valence-electron chi connectivity index (χ4n) is 2.12. The quantitative estimate of drug-likeness (QED) is 0.308. The minimum absolute atomic E-state index is 0. The standard InChI is InChI=1S/C18H29F3N4O.HI/c1-5-22-17(23-9-10-25(4)6-2)24-12-15-8-7-14(3)11-16(15)26-13-18(19,20)21;/h7-8,11H,5-6,9-10,12-13H2,1-4H3,(H2,22,23,24);1H. The number of benzene rings is 1. The second kappa shape index (κ2) is 13.0. The summed E-state index contributed by atoms with van der Waals surface area (Å²) in [6.07, 6.45) is -4.37. The molecule has 1 rings (SSSR count). The van der Waals surface area contributed by atoms with Crippen LogP contribution in [0.2, 0.25) is 0 Å². The van der Waals surface area contributed by atoms with Gasteiger partial charge in [-0.2, -0.15) is 13.2 Å². The number of hydrogen-bond donors (Lipinski definition) is 2. The molecule has 0 heterocycles. The monoisotopic (exact) mass is 502 g/mol. The van der Waals surface area contributed by atoms with Crippen LogP contribution in [0.5, 0.6) is 5.75 Å². The van der Waals surface area contributed by atoms with Crippen molar-refractivity contribution >= 4 is 29.9 Å². The lowest BCUT2D eigenvalue weighted by molar-refractivity contribution is -0.153. The molecule has 0 fully saturated rings. The smallest absolute Gasteiger partial charge is 0.422 e. The molecular weight excluding hydrogens is 472 g/mol. The summed E-state index contributed by atoms with van der Waals surface area (Å²) in [4.78, 5) is 6.62. The molecule has 0 aromatic heterocycles. The summed E-state index contributed by atoms with van der Waals surface area (Å²) in [6, 6.07) is 5.19. The first kappa shape index (κ1) is 25.8. The number of rotatable bonds is 9. The van der Waals surface area contributed by atoms with Crippen molar-refractivity contribution in [2.24, 2.45) is 4.99 Å². The largest absolute Gasteiger partial charge is 0.484 e. The average molecular weight is 502 g/mol. The van der Waals surface area contributed by atoms with Crippen LogP contribution < -0.4 is 15.4 Å². The molecule has 0 aliphatic heterocycles. The number of likely N-dealkylation sites (N-methyl/N-ethyl adjacent to an activating group) is 1. The molecule has 0 aliphatic carbocycles. The molecule has 0 saturated carbocycles. The highest BCUT2D eigenvalue weighted by molar-refractivity contribution is 14.0. The second-order valence-corrected chi connectivity index (χ2v) is 6.03. The van der Waals surface area contributed by atoms with E-state index in [9.17, 15) is 13.2 Å². The fraction of sp³-hybridized carbons (Fsp3) is 0.611. The summed E-state index contributed by atoms with van der Waals surface area (Å²) in [5, 5.41) is 6.35. The topological polar surface area (TPSA) is 48.9 Å². The molecule has 27 heavy (non-hydrogen) atoms. The molecule has 0 amide bonds. The minimum Gasteiger partial charge on any atom is -0.484 e. The predicted octanol–water partition coefficient (Wildman–Crippen LogP) is 3.56. The van der Waals surface area contributed by atoms with E-state index in [2.05, 4.69) is 27.4 Å². The summed E-state index contributed by atoms with van der Waals surface area (Å²) >= 11 is 0. The maximum atomic E-state index is 12.4. The fourth-order valence-corrected chi connectivity index (χ4v) is 2.12. The molecule has 1 aromatic rings. The molecule has 0 aliphatic rings. The van der Waals surface area contributed by atoms with Crippen LogP contribution >= 0.6 is 24.0 Å². The van der Waals surface area contributed by atoms with E-state index in [-0.39, 0.29) is 36.3 Å². The maximum Gasteiger partial charge on any atom is 0.422 e. The maximum absolute atomic E-state index is 12.4. The summed E-state index contributed by atoms with van der Waals surface area (Å²) in [6.45, 7) is 8.01. The van der Waals surface area contributed by atoms with Crippen molar-refractivity contribution in [1.82, 2.24) is 15.5 Å². The molecule has 5 nitrogen and oxygen atoms in total. The van der Waals surface area contributed by atoms with E-state index < -0.39 is 12.8 Å². The van der Waals surface area contributed by atoms with Crippen molar-refractivity contribution in [1.29, 1.82) is 0 Å². The third-order valence-electron chi connectivity index (χ3n) is 3.69. The van der Waals surface area contributed by atoms with E-state index in [1.54, 1.807) is 12.1 Å². The van der Waals surface area contributed by atoms with E-state index in [1.165, 1.54) is 0 Å². The van der Waals surface area contributed by atoms with Crippen molar-refractivity contribution in [3.8, 4) is 5.75 Å². The molecule has 2 N–H and O–H groups in total. The number of guanidine groups is 1. The molecule has 0 saturated heterocycles. The predicted molar refractivity (Wildman–Crippen MR) is 114 cm³/mol. The lowest BCUT2D eigenvalue weighted by Gasteiger charge is -2.17. The molecule has 1 aromatic carbocycles. The first-order chi connectivity index (χ1) is 12.2. The molecule has 9 heteroatoms. The van der Waals surface area contributed by atoms with Crippen molar-refractivity contribution in [3.05, 3.63) is 29.3 Å². The first-order valence-electron chi connectivity index (χ1n) is 8.75. The number of ether oxygens (including phenoxy) is 1. The average Bonchev–Trinajstić information content (AvgIpc) is 2.58. The lowest BCUT2D eigenvalue weighted by Crippen LogP contribution is -2.40. The zero-order valence-electron chi connectivity index (χ0n) is 16.3. The zero-order valence-corrected chi connectivity index (χ0v) is 18.6. The van der Waals surface area contributed by atoms with E-state index in [0.29, 0.717) is 18.1 Å². The Bertz CT molecular complexity index is 582. The molecule has 0 atom stereocenters. The Hall–Kier alpha value is -1.23. The van der Waals surface area contributed by atoms with E-state index >= 15 is 0 Å². The van der Waals surface area contributed by atoms with Gasteiger partial charge in [-0.05, 0) is 39.1 Å². The van der Waals surface area contributed by atoms with Gasteiger partial charge in [0.15, 0.2) is 12.6 Å². The normalized spacial score (nSPS) is 11.9. The zero-order chi connectivity index (χ0) is 19.6. The molecule has 156 valence electrons. The first-order valence-corrected chi connectivity index (χ1v) is 8.75. The SMILES string of the molecule is CCNC(=NCc1ccc(C)cc1OCC(F)(F)F)NCCN(C)CC.I. The Morgan fingerprint density at radius 1 is 1.22 bits per heavy atom. The number of aliphatic imine (C=N–C) groups is 1. The van der Waals surface area contributed by atoms with Gasteiger partial charge in [0, 0.05) is 25.2 Å². The van der Waals surface area contributed by atoms with Crippen molar-refractivity contribution in [3.63, 3.8) is 0 Å². The highest BCUT2D eigenvalue weighted by Gasteiger charge is 2.28. The van der Waals surface area contributed by atoms with Crippen LogP contribution in [0.25, 0.3) is 0 Å². The number of aryl methyl sites for hydroxylation is 1. The van der Waals surface area contributed by atoms with Gasteiger partial charge in [0.1, 0.15) is 5.75 Å². The van der Waals surface area contributed by atoms with E-state index in [1.807, 2.05) is 27.0 Å². The number of nitrogens with zero attached hydrogens (tertiary/aromatic N) is 2. The van der Waals surface area contributed by atoms with Crippen LogP contribution in [0.4, 0.5) is 13.2 Å². The number of nitrogens with one attached hydrogen (secondary N) is 2. The third kappa shape index (κ3) is 11.3. The Labute approximate surface area is 176 Å². The highest BCUT2D eigenvalue weighted by atomic mass is 127. The van der Waals surface area contributed by atoms with Gasteiger partial charge in [0.2, 0.25) is 0 Å². The summed E-state index contributed by atoms with van der Waals surface area (Å²) in [5.74, 6) is 0.840. The van der Waals surface area contributed by atoms with Gasteiger partial charge >= 0.3 is 6.18 Å². The Balaban J connectivity index is 0.00000676. The molecule has 0 unspecified atom stereocenters. The lowest BCUT2D eigenvalue weighted by atomic mass is 10.1. The van der Waals surface area contributed by atoms with Gasteiger partial charge in [-0.15, -0.1) is 24.0 Å². The van der Waals surface area contributed by atoms with Crippen molar-refractivity contribution in [2.45, 2.75) is 33.5 Å². The summed E-state index contributed by atoms with van der Waals surface area (Å²) in [5.41, 5.74) is 1.45. The van der Waals surface area contributed by atoms with Crippen LogP contribution in [-0.2, 0) is 6.54 Å². The van der Waals surface area contributed by atoms with E-state index in [4.69, 9.17) is 4.74 Å². The number of halogens is 4. The minimum atomic E-state index is -4.37. The molecule has 0 bridgehead atoms. The van der Waals surface area contributed by atoms with Gasteiger partial charge < -0.3 is 20.3 Å². The highest BCUT2D eigenvalue weighted by Crippen LogP contribution is 2.24. The van der Waals surface area contributed by atoms with Gasteiger partial charge in [-0.3, -0.25) is 0 Å². The van der Waals surface area contributed by atoms with Gasteiger partial charge in [0.05, 0.1) is 6.54 Å². The number of alkyl halides is 3. The third-order valence-corrected chi connectivity index (χ3v) is 3.69. The Morgan fingerprint density at radius 2 is 1.93 bits per heavy atom. The van der Waals surface area contributed by atoms with Crippen molar-refractivity contribution in [2.75, 3.05) is 39.8 Å². The van der Waals surface area contributed by atoms with Crippen LogP contribution in [0.15, 0.2) is 23.2 Å². The van der Waals surface area contributed by atoms with Crippen LogP contribution in [0, 0.1) is 6.92 Å².